The van der Waals surface area contributed by atoms with Crippen molar-refractivity contribution in [1.82, 2.24) is 14.8 Å². The lowest BCUT2D eigenvalue weighted by Crippen LogP contribution is -1.99. The van der Waals surface area contributed by atoms with Crippen molar-refractivity contribution in [3.63, 3.8) is 0 Å². The van der Waals surface area contributed by atoms with Crippen LogP contribution >= 0.6 is 0 Å². The second-order valence-electron chi connectivity index (χ2n) is 2.98. The molecule has 0 aliphatic carbocycles. The second kappa shape index (κ2) is 4.02. The number of rotatable bonds is 3. The fraction of sp³-hybridized carbons (Fsp3) is 0.100. The Balaban J connectivity index is 2.32. The lowest BCUT2D eigenvalue weighted by molar-refractivity contribution is 0.112. The highest BCUT2D eigenvalue weighted by Crippen LogP contribution is 2.05. The van der Waals surface area contributed by atoms with Gasteiger partial charge in [0.15, 0.2) is 12.1 Å². The minimum absolute atomic E-state index is 0.0978. The second-order valence-corrected chi connectivity index (χ2v) is 2.98. The molecule has 0 bridgehead atoms. The Hall–Kier alpha value is -2.01. The van der Waals surface area contributed by atoms with E-state index in [1.165, 1.54) is 6.20 Å². The van der Waals surface area contributed by atoms with E-state index in [2.05, 4.69) is 10.1 Å². The molecule has 0 unspecified atom stereocenters. The Kier molecular flexibility index (Phi) is 2.55. The van der Waals surface area contributed by atoms with E-state index >= 15 is 0 Å². The Labute approximate surface area is 86.0 Å². The molecule has 0 atom stereocenters. The molecule has 0 aliphatic heterocycles. The molecule has 5 heteroatoms. The molecular formula is C10H9N3O2. The summed E-state index contributed by atoms with van der Waals surface area (Å²) in [6.45, 7) is -0.0978. The van der Waals surface area contributed by atoms with Crippen LogP contribution in [0.2, 0.25) is 0 Å². The van der Waals surface area contributed by atoms with Gasteiger partial charge in [-0.3, -0.25) is 4.79 Å². The molecule has 2 heterocycles. The first kappa shape index (κ1) is 9.54. The van der Waals surface area contributed by atoms with Gasteiger partial charge in [-0.1, -0.05) is 0 Å². The van der Waals surface area contributed by atoms with Gasteiger partial charge in [0.25, 0.3) is 0 Å². The topological polar surface area (TPSA) is 68.0 Å². The summed E-state index contributed by atoms with van der Waals surface area (Å²) in [7, 11) is 0. The summed E-state index contributed by atoms with van der Waals surface area (Å²) >= 11 is 0. The van der Waals surface area contributed by atoms with Crippen molar-refractivity contribution in [3.8, 4) is 5.82 Å². The molecule has 0 amide bonds. The smallest absolute Gasteiger partial charge is 0.153 e. The van der Waals surface area contributed by atoms with Crippen molar-refractivity contribution in [2.24, 2.45) is 0 Å². The van der Waals surface area contributed by atoms with Crippen molar-refractivity contribution < 1.29 is 9.90 Å². The molecule has 0 saturated heterocycles. The number of aliphatic hydroxyl groups is 1. The SMILES string of the molecule is O=Cc1ccc(-n2ccc(CO)n2)nc1. The summed E-state index contributed by atoms with van der Waals surface area (Å²) < 4.78 is 1.54. The minimum Gasteiger partial charge on any atom is -0.390 e. The van der Waals surface area contributed by atoms with E-state index in [0.29, 0.717) is 17.1 Å². The average Bonchev–Trinajstić information content (AvgIpc) is 2.78. The quantitative estimate of drug-likeness (QED) is 0.740. The predicted octanol–water partition coefficient (Wildman–Crippen LogP) is 0.572. The Bertz CT molecular complexity index is 462. The molecule has 0 radical (unpaired) electrons. The average molecular weight is 203 g/mol. The molecule has 1 N–H and O–H groups in total. The largest absolute Gasteiger partial charge is 0.390 e. The monoisotopic (exact) mass is 203 g/mol. The van der Waals surface area contributed by atoms with Crippen LogP contribution in [0.5, 0.6) is 0 Å². The number of hydrogen-bond donors (Lipinski definition) is 1. The van der Waals surface area contributed by atoms with Gasteiger partial charge in [-0.15, -0.1) is 0 Å². The van der Waals surface area contributed by atoms with Crippen LogP contribution in [-0.4, -0.2) is 26.2 Å². The number of aromatic nitrogens is 3. The van der Waals surface area contributed by atoms with Crippen LogP contribution in [0.15, 0.2) is 30.6 Å². The Morgan fingerprint density at radius 1 is 1.40 bits per heavy atom. The van der Waals surface area contributed by atoms with Gasteiger partial charge < -0.3 is 5.11 Å². The van der Waals surface area contributed by atoms with E-state index in [-0.39, 0.29) is 6.61 Å². The van der Waals surface area contributed by atoms with Crippen LogP contribution in [-0.2, 0) is 6.61 Å². The standard InChI is InChI=1S/C10H9N3O2/c14-6-8-1-2-10(11-5-8)13-4-3-9(7-15)12-13/h1-6,15H,7H2. The first-order valence-electron chi connectivity index (χ1n) is 4.40. The highest BCUT2D eigenvalue weighted by Gasteiger charge is 2.01. The van der Waals surface area contributed by atoms with Gasteiger partial charge in [-0.25, -0.2) is 9.67 Å². The molecule has 0 spiro atoms. The van der Waals surface area contributed by atoms with E-state index in [9.17, 15) is 4.79 Å². The summed E-state index contributed by atoms with van der Waals surface area (Å²) in [5, 5.41) is 12.9. The lowest BCUT2D eigenvalue weighted by Gasteiger charge is -1.99. The van der Waals surface area contributed by atoms with Gasteiger partial charge in [0.05, 0.1) is 12.3 Å². The predicted molar refractivity (Wildman–Crippen MR) is 52.7 cm³/mol. The number of aliphatic hydroxyl groups excluding tert-OH is 1. The van der Waals surface area contributed by atoms with Crippen LogP contribution in [0.4, 0.5) is 0 Å². The van der Waals surface area contributed by atoms with Crippen molar-refractivity contribution in [1.29, 1.82) is 0 Å². The van der Waals surface area contributed by atoms with E-state index in [1.54, 1.807) is 29.1 Å². The maximum atomic E-state index is 10.4. The molecule has 15 heavy (non-hydrogen) atoms. The van der Waals surface area contributed by atoms with Crippen LogP contribution in [0.3, 0.4) is 0 Å². The number of carbonyl (C=O) groups is 1. The molecule has 76 valence electrons. The maximum absolute atomic E-state index is 10.4. The fourth-order valence-electron chi connectivity index (χ4n) is 1.18. The highest BCUT2D eigenvalue weighted by molar-refractivity contribution is 5.74. The van der Waals surface area contributed by atoms with Crippen molar-refractivity contribution in [2.75, 3.05) is 0 Å². The van der Waals surface area contributed by atoms with E-state index in [4.69, 9.17) is 5.11 Å². The van der Waals surface area contributed by atoms with Gasteiger partial charge >= 0.3 is 0 Å². The zero-order chi connectivity index (χ0) is 10.7. The van der Waals surface area contributed by atoms with Crippen molar-refractivity contribution in [3.05, 3.63) is 41.9 Å². The summed E-state index contributed by atoms with van der Waals surface area (Å²) in [5.41, 5.74) is 1.10. The Morgan fingerprint density at radius 3 is 2.80 bits per heavy atom. The minimum atomic E-state index is -0.0978. The van der Waals surface area contributed by atoms with Gasteiger partial charge in [0.2, 0.25) is 0 Å². The highest BCUT2D eigenvalue weighted by atomic mass is 16.3. The normalized spacial score (nSPS) is 10.2. The first-order chi connectivity index (χ1) is 7.33. The zero-order valence-corrected chi connectivity index (χ0v) is 7.87. The van der Waals surface area contributed by atoms with E-state index in [0.717, 1.165) is 6.29 Å². The van der Waals surface area contributed by atoms with Gasteiger partial charge in [0, 0.05) is 18.0 Å². The number of nitrogens with zero attached hydrogens (tertiary/aromatic N) is 3. The third-order valence-corrected chi connectivity index (χ3v) is 1.95. The van der Waals surface area contributed by atoms with Gasteiger partial charge in [-0.05, 0) is 18.2 Å². The molecule has 2 aromatic heterocycles. The Morgan fingerprint density at radius 2 is 2.27 bits per heavy atom. The van der Waals surface area contributed by atoms with Crippen molar-refractivity contribution >= 4 is 6.29 Å². The van der Waals surface area contributed by atoms with E-state index < -0.39 is 0 Å². The first-order valence-corrected chi connectivity index (χ1v) is 4.40. The molecule has 0 aromatic carbocycles. The van der Waals surface area contributed by atoms with Crippen molar-refractivity contribution in [2.45, 2.75) is 6.61 Å². The molecule has 2 rings (SSSR count). The van der Waals surface area contributed by atoms with Crippen LogP contribution in [0.1, 0.15) is 16.1 Å². The molecule has 0 aliphatic rings. The van der Waals surface area contributed by atoms with E-state index in [1.807, 2.05) is 0 Å². The van der Waals surface area contributed by atoms with Crippen LogP contribution in [0, 0.1) is 0 Å². The summed E-state index contributed by atoms with van der Waals surface area (Å²) in [4.78, 5) is 14.5. The van der Waals surface area contributed by atoms with Crippen LogP contribution in [0.25, 0.3) is 5.82 Å². The fourth-order valence-corrected chi connectivity index (χ4v) is 1.18. The number of hydrogen-bond acceptors (Lipinski definition) is 4. The number of pyridine rings is 1. The molecule has 0 fully saturated rings. The van der Waals surface area contributed by atoms with Crippen LogP contribution < -0.4 is 0 Å². The third kappa shape index (κ3) is 1.92. The molecular weight excluding hydrogens is 194 g/mol. The molecule has 2 aromatic rings. The number of aldehydes is 1. The van der Waals surface area contributed by atoms with Gasteiger partial charge in [-0.2, -0.15) is 5.10 Å². The zero-order valence-electron chi connectivity index (χ0n) is 7.87. The third-order valence-electron chi connectivity index (χ3n) is 1.95. The summed E-state index contributed by atoms with van der Waals surface area (Å²) in [6, 6.07) is 5.06. The summed E-state index contributed by atoms with van der Waals surface area (Å²) in [6.07, 6.45) is 3.91. The molecule has 0 saturated carbocycles. The number of carbonyl (C=O) groups excluding carboxylic acids is 1. The molecule has 5 nitrogen and oxygen atoms in total. The maximum Gasteiger partial charge on any atom is 0.153 e. The summed E-state index contributed by atoms with van der Waals surface area (Å²) in [5.74, 6) is 0.611. The van der Waals surface area contributed by atoms with Gasteiger partial charge in [0.1, 0.15) is 0 Å². The lowest BCUT2D eigenvalue weighted by atomic mass is 10.3.